The van der Waals surface area contributed by atoms with Gasteiger partial charge in [0.15, 0.2) is 4.80 Å². The zero-order valence-corrected chi connectivity index (χ0v) is 19.7. The number of ether oxygens (including phenoxy) is 1. The fourth-order valence-electron chi connectivity index (χ4n) is 3.18. The van der Waals surface area contributed by atoms with Gasteiger partial charge in [-0.05, 0) is 43.3 Å². The Labute approximate surface area is 191 Å². The summed E-state index contributed by atoms with van der Waals surface area (Å²) in [4.78, 5) is 17.6. The molecule has 0 atom stereocenters. The van der Waals surface area contributed by atoms with Crippen molar-refractivity contribution >= 4 is 37.5 Å². The van der Waals surface area contributed by atoms with Gasteiger partial charge in [0, 0.05) is 25.7 Å². The summed E-state index contributed by atoms with van der Waals surface area (Å²) in [5, 5.41) is 0. The van der Waals surface area contributed by atoms with Crippen molar-refractivity contribution in [2.24, 2.45) is 12.0 Å². The van der Waals surface area contributed by atoms with Crippen LogP contribution in [0.2, 0.25) is 0 Å². The maximum Gasteiger partial charge on any atom is 0.279 e. The maximum absolute atomic E-state index is 12.8. The second-order valence-electron chi connectivity index (χ2n) is 6.82. The predicted octanol–water partition coefficient (Wildman–Crippen LogP) is 3.74. The second kappa shape index (κ2) is 10.1. The number of nitrogens with zero attached hydrogens (tertiary/aromatic N) is 3. The number of hydrogen-bond donors (Lipinski definition) is 0. The van der Waals surface area contributed by atoms with Crippen LogP contribution < -0.4 is 9.54 Å². The third-order valence-electron chi connectivity index (χ3n) is 4.69. The summed E-state index contributed by atoms with van der Waals surface area (Å²) < 4.78 is 35.4. The van der Waals surface area contributed by atoms with Gasteiger partial charge in [-0.3, -0.25) is 4.79 Å². The Bertz CT molecular complexity index is 1310. The van der Waals surface area contributed by atoms with E-state index in [2.05, 4.69) is 18.2 Å². The van der Waals surface area contributed by atoms with Crippen LogP contribution in [-0.4, -0.2) is 42.9 Å². The lowest BCUT2D eigenvalue weighted by atomic mass is 10.2. The normalized spacial score (nSPS) is 12.3. The predicted molar refractivity (Wildman–Crippen MR) is 127 cm³/mol. The summed E-state index contributed by atoms with van der Waals surface area (Å²) in [6.45, 7) is 9.97. The van der Waals surface area contributed by atoms with Crippen molar-refractivity contribution in [3.63, 3.8) is 0 Å². The number of carbonyl (C=O) groups is 1. The molecule has 1 aromatic heterocycles. The standard InChI is InChI=1S/C23H25N3O4S2/c1-5-15-26(16-6-2)32(28,29)18-13-11-17(12-14-18)22(27)24-23-25(4)21-19(30-7-3)9-8-10-20(21)31-23/h5-6,8-14H,1-2,7,15-16H2,3-4H3. The minimum absolute atomic E-state index is 0.0894. The van der Waals surface area contributed by atoms with Crippen LogP contribution in [0.3, 0.4) is 0 Å². The Hall–Kier alpha value is -3.01. The van der Waals surface area contributed by atoms with Gasteiger partial charge in [-0.2, -0.15) is 9.30 Å². The minimum atomic E-state index is -3.73. The Morgan fingerprint density at radius 2 is 1.81 bits per heavy atom. The molecule has 0 aliphatic rings. The zero-order valence-electron chi connectivity index (χ0n) is 18.0. The van der Waals surface area contributed by atoms with Crippen LogP contribution in [0.1, 0.15) is 17.3 Å². The number of aryl methyl sites for hydroxylation is 1. The molecule has 7 nitrogen and oxygen atoms in total. The highest BCUT2D eigenvalue weighted by Crippen LogP contribution is 2.27. The first-order valence-electron chi connectivity index (χ1n) is 9.95. The van der Waals surface area contributed by atoms with Crippen molar-refractivity contribution in [2.45, 2.75) is 11.8 Å². The Balaban J connectivity index is 1.94. The number of fused-ring (bicyclic) bond motifs is 1. The van der Waals surface area contributed by atoms with Crippen LogP contribution in [0, 0.1) is 0 Å². The first-order valence-corrected chi connectivity index (χ1v) is 12.2. The summed E-state index contributed by atoms with van der Waals surface area (Å²) >= 11 is 1.38. The molecular formula is C23H25N3O4S2. The minimum Gasteiger partial charge on any atom is -0.492 e. The molecule has 1 amide bonds. The van der Waals surface area contributed by atoms with Gasteiger partial charge in [0.1, 0.15) is 11.3 Å². The van der Waals surface area contributed by atoms with Gasteiger partial charge >= 0.3 is 0 Å². The van der Waals surface area contributed by atoms with Crippen molar-refractivity contribution in [3.05, 3.63) is 78.1 Å². The molecule has 2 aromatic carbocycles. The van der Waals surface area contributed by atoms with Gasteiger partial charge in [0.05, 0.1) is 16.2 Å². The lowest BCUT2D eigenvalue weighted by Gasteiger charge is -2.19. The van der Waals surface area contributed by atoms with E-state index < -0.39 is 15.9 Å². The fourth-order valence-corrected chi connectivity index (χ4v) is 5.59. The molecule has 0 unspecified atom stereocenters. The van der Waals surface area contributed by atoms with E-state index in [0.29, 0.717) is 17.0 Å². The Morgan fingerprint density at radius 1 is 1.16 bits per heavy atom. The van der Waals surface area contributed by atoms with Gasteiger partial charge in [0.2, 0.25) is 10.0 Å². The largest absolute Gasteiger partial charge is 0.492 e. The van der Waals surface area contributed by atoms with Crippen LogP contribution >= 0.6 is 11.3 Å². The molecule has 3 aromatic rings. The summed E-state index contributed by atoms with van der Waals surface area (Å²) in [6, 6.07) is 11.5. The van der Waals surface area contributed by atoms with Crippen molar-refractivity contribution in [3.8, 4) is 5.75 Å². The molecule has 0 bridgehead atoms. The van der Waals surface area contributed by atoms with Gasteiger partial charge in [0.25, 0.3) is 5.91 Å². The van der Waals surface area contributed by atoms with Crippen LogP contribution in [0.15, 0.2) is 77.7 Å². The SMILES string of the molecule is C=CCN(CC=C)S(=O)(=O)c1ccc(C(=O)N=c2sc3cccc(OCC)c3n2C)cc1. The number of benzene rings is 2. The van der Waals surface area contributed by atoms with Gasteiger partial charge in [-0.25, -0.2) is 8.42 Å². The number of amides is 1. The molecule has 1 heterocycles. The van der Waals surface area contributed by atoms with Crippen LogP contribution in [0.5, 0.6) is 5.75 Å². The molecule has 0 aliphatic carbocycles. The zero-order chi connectivity index (χ0) is 23.3. The average molecular weight is 472 g/mol. The molecule has 32 heavy (non-hydrogen) atoms. The van der Waals surface area contributed by atoms with E-state index in [-0.39, 0.29) is 18.0 Å². The van der Waals surface area contributed by atoms with Gasteiger partial charge in [-0.15, -0.1) is 13.2 Å². The van der Waals surface area contributed by atoms with E-state index in [4.69, 9.17) is 4.74 Å². The van der Waals surface area contributed by atoms with Crippen molar-refractivity contribution in [1.29, 1.82) is 0 Å². The highest BCUT2D eigenvalue weighted by molar-refractivity contribution is 7.89. The molecule has 9 heteroatoms. The van der Waals surface area contributed by atoms with E-state index in [1.54, 1.807) is 0 Å². The highest BCUT2D eigenvalue weighted by atomic mass is 32.2. The van der Waals surface area contributed by atoms with E-state index in [1.807, 2.05) is 36.7 Å². The van der Waals surface area contributed by atoms with Crippen molar-refractivity contribution < 1.29 is 17.9 Å². The number of hydrogen-bond acceptors (Lipinski definition) is 5. The third-order valence-corrected chi connectivity index (χ3v) is 7.63. The maximum atomic E-state index is 12.8. The fraction of sp³-hybridized carbons (Fsp3) is 0.217. The molecule has 0 radical (unpaired) electrons. The third kappa shape index (κ3) is 4.74. The molecular weight excluding hydrogens is 446 g/mol. The molecule has 0 fully saturated rings. The van der Waals surface area contributed by atoms with E-state index >= 15 is 0 Å². The Morgan fingerprint density at radius 3 is 2.41 bits per heavy atom. The molecule has 0 saturated heterocycles. The summed E-state index contributed by atoms with van der Waals surface area (Å²) in [5.74, 6) is 0.277. The first kappa shape index (κ1) is 23.6. The Kier molecular flexibility index (Phi) is 7.44. The van der Waals surface area contributed by atoms with Crippen molar-refractivity contribution in [1.82, 2.24) is 8.87 Å². The number of rotatable bonds is 9. The van der Waals surface area contributed by atoms with Gasteiger partial charge in [-0.1, -0.05) is 29.6 Å². The van der Waals surface area contributed by atoms with Crippen molar-refractivity contribution in [2.75, 3.05) is 19.7 Å². The molecule has 168 valence electrons. The second-order valence-corrected chi connectivity index (χ2v) is 9.77. The van der Waals surface area contributed by atoms with E-state index in [0.717, 1.165) is 16.0 Å². The lowest BCUT2D eigenvalue weighted by Crippen LogP contribution is -2.31. The number of thiazole rings is 1. The lowest BCUT2D eigenvalue weighted by molar-refractivity contribution is 0.0998. The molecule has 3 rings (SSSR count). The van der Waals surface area contributed by atoms with E-state index in [1.165, 1.54) is 52.1 Å². The summed E-state index contributed by atoms with van der Waals surface area (Å²) in [6.07, 6.45) is 3.03. The quantitative estimate of drug-likeness (QED) is 0.445. The number of aromatic nitrogens is 1. The first-order chi connectivity index (χ1) is 15.3. The smallest absolute Gasteiger partial charge is 0.279 e. The van der Waals surface area contributed by atoms with Crippen LogP contribution in [-0.2, 0) is 17.1 Å². The number of sulfonamides is 1. The summed E-state index contributed by atoms with van der Waals surface area (Å²) in [5.41, 5.74) is 1.17. The topological polar surface area (TPSA) is 81.0 Å². The molecule has 0 N–H and O–H groups in total. The monoisotopic (exact) mass is 471 g/mol. The number of para-hydroxylation sites is 1. The molecule has 0 aliphatic heterocycles. The average Bonchev–Trinajstić information content (AvgIpc) is 3.10. The van der Waals surface area contributed by atoms with Crippen LogP contribution in [0.4, 0.5) is 0 Å². The highest BCUT2D eigenvalue weighted by Gasteiger charge is 2.22. The van der Waals surface area contributed by atoms with E-state index in [9.17, 15) is 13.2 Å². The van der Waals surface area contributed by atoms with Gasteiger partial charge < -0.3 is 9.30 Å². The number of carbonyl (C=O) groups excluding carboxylic acids is 1. The molecule has 0 saturated carbocycles. The molecule has 0 spiro atoms. The van der Waals surface area contributed by atoms with Crippen LogP contribution in [0.25, 0.3) is 10.2 Å². The summed E-state index contributed by atoms with van der Waals surface area (Å²) in [7, 11) is -1.90.